The Morgan fingerprint density at radius 1 is 0.909 bits per heavy atom. The minimum absolute atomic E-state index is 0.0577. The van der Waals surface area contributed by atoms with Crippen molar-refractivity contribution in [3.63, 3.8) is 0 Å². The Morgan fingerprint density at radius 2 is 1.58 bits per heavy atom. The number of para-hydroxylation sites is 1. The van der Waals surface area contributed by atoms with Crippen molar-refractivity contribution in [3.05, 3.63) is 112 Å². The van der Waals surface area contributed by atoms with E-state index in [0.29, 0.717) is 11.3 Å². The van der Waals surface area contributed by atoms with E-state index >= 15 is 0 Å². The molecule has 0 saturated carbocycles. The standard InChI is InChI=1S/C27H22N2O4/c1-27(2)23-9-5-6-10-24(23)28(25(30)19-11-14-21(15-12-19)29(31)32)26(27)33-22-16-13-18-7-3-4-8-20(18)17-22/h3-17,26H,1-2H3/t26-/m1/s1. The maximum absolute atomic E-state index is 13.7. The molecule has 0 aliphatic carbocycles. The van der Waals surface area contributed by atoms with E-state index in [1.165, 1.54) is 24.3 Å². The number of amides is 1. The Bertz CT molecular complexity index is 1380. The summed E-state index contributed by atoms with van der Waals surface area (Å²) in [6, 6.07) is 27.4. The first kappa shape index (κ1) is 20.7. The van der Waals surface area contributed by atoms with Gasteiger partial charge < -0.3 is 4.74 Å². The van der Waals surface area contributed by atoms with Gasteiger partial charge in [0.1, 0.15) is 5.75 Å². The van der Waals surface area contributed by atoms with Crippen LogP contribution in [0, 0.1) is 10.1 Å². The Labute approximate surface area is 191 Å². The van der Waals surface area contributed by atoms with E-state index in [-0.39, 0.29) is 11.6 Å². The molecule has 0 aromatic heterocycles. The van der Waals surface area contributed by atoms with Gasteiger partial charge in [0.15, 0.2) is 6.23 Å². The number of hydrogen-bond acceptors (Lipinski definition) is 4. The van der Waals surface area contributed by atoms with Crippen LogP contribution in [0.3, 0.4) is 0 Å². The van der Waals surface area contributed by atoms with Crippen LogP contribution in [0.5, 0.6) is 5.75 Å². The highest BCUT2D eigenvalue weighted by atomic mass is 16.6. The zero-order valence-corrected chi connectivity index (χ0v) is 18.3. The van der Waals surface area contributed by atoms with E-state index in [1.54, 1.807) is 4.90 Å². The van der Waals surface area contributed by atoms with Gasteiger partial charge in [0.2, 0.25) is 0 Å². The topological polar surface area (TPSA) is 72.7 Å². The fourth-order valence-electron chi connectivity index (χ4n) is 4.46. The van der Waals surface area contributed by atoms with E-state index in [1.807, 2.05) is 66.7 Å². The van der Waals surface area contributed by atoms with Crippen LogP contribution in [0.1, 0.15) is 29.8 Å². The smallest absolute Gasteiger partial charge is 0.269 e. The number of anilines is 1. The van der Waals surface area contributed by atoms with Crippen molar-refractivity contribution in [3.8, 4) is 5.75 Å². The molecule has 1 amide bonds. The molecule has 0 unspecified atom stereocenters. The van der Waals surface area contributed by atoms with Gasteiger partial charge in [-0.05, 0) is 46.7 Å². The summed E-state index contributed by atoms with van der Waals surface area (Å²) in [4.78, 5) is 25.9. The third-order valence-corrected chi connectivity index (χ3v) is 6.22. The van der Waals surface area contributed by atoms with Crippen LogP contribution in [0.4, 0.5) is 11.4 Å². The summed E-state index contributed by atoms with van der Waals surface area (Å²) in [5.41, 5.74) is 1.60. The average Bonchev–Trinajstić information content (AvgIpc) is 3.05. The molecule has 0 N–H and O–H groups in total. The molecule has 1 atom stereocenters. The number of benzene rings is 4. The number of nitro groups is 1. The van der Waals surface area contributed by atoms with Gasteiger partial charge in [-0.25, -0.2) is 0 Å². The van der Waals surface area contributed by atoms with E-state index in [0.717, 1.165) is 22.0 Å². The predicted molar refractivity (Wildman–Crippen MR) is 128 cm³/mol. The zero-order chi connectivity index (χ0) is 23.2. The Hall–Kier alpha value is -4.19. The van der Waals surface area contributed by atoms with Gasteiger partial charge in [-0.2, -0.15) is 0 Å². The second kappa shape index (κ2) is 7.74. The van der Waals surface area contributed by atoms with Crippen molar-refractivity contribution >= 4 is 28.1 Å². The molecule has 1 heterocycles. The van der Waals surface area contributed by atoms with Crippen LogP contribution < -0.4 is 9.64 Å². The van der Waals surface area contributed by atoms with E-state index in [4.69, 9.17) is 4.74 Å². The van der Waals surface area contributed by atoms with E-state index in [9.17, 15) is 14.9 Å². The van der Waals surface area contributed by atoms with Crippen molar-refractivity contribution in [1.29, 1.82) is 0 Å². The van der Waals surface area contributed by atoms with Gasteiger partial charge in [0.05, 0.1) is 10.6 Å². The van der Waals surface area contributed by atoms with Crippen molar-refractivity contribution in [2.75, 3.05) is 4.90 Å². The number of carbonyl (C=O) groups is 1. The lowest BCUT2D eigenvalue weighted by molar-refractivity contribution is -0.384. The first-order chi connectivity index (χ1) is 15.9. The normalized spacial score (nSPS) is 16.4. The third kappa shape index (κ3) is 3.49. The second-order valence-electron chi connectivity index (χ2n) is 8.70. The Kier molecular flexibility index (Phi) is 4.86. The zero-order valence-electron chi connectivity index (χ0n) is 18.3. The van der Waals surface area contributed by atoms with Gasteiger partial charge in [-0.1, -0.05) is 62.4 Å². The highest BCUT2D eigenvalue weighted by Gasteiger charge is 2.49. The number of carbonyl (C=O) groups excluding carboxylic acids is 1. The molecule has 0 radical (unpaired) electrons. The monoisotopic (exact) mass is 438 g/mol. The largest absolute Gasteiger partial charge is 0.469 e. The molecule has 0 bridgehead atoms. The molecule has 1 aliphatic rings. The quantitative estimate of drug-likeness (QED) is 0.285. The molecule has 4 aromatic rings. The van der Waals surface area contributed by atoms with Crippen molar-refractivity contribution in [2.45, 2.75) is 25.5 Å². The molecule has 0 saturated heterocycles. The minimum Gasteiger partial charge on any atom is -0.469 e. The molecule has 33 heavy (non-hydrogen) atoms. The van der Waals surface area contributed by atoms with E-state index in [2.05, 4.69) is 13.8 Å². The van der Waals surface area contributed by atoms with Crippen LogP contribution in [0.25, 0.3) is 10.8 Å². The summed E-state index contributed by atoms with van der Waals surface area (Å²) in [5.74, 6) is 0.398. The van der Waals surface area contributed by atoms with Gasteiger partial charge in [-0.3, -0.25) is 19.8 Å². The van der Waals surface area contributed by atoms with Crippen LogP contribution in [0.15, 0.2) is 91.0 Å². The number of fused-ring (bicyclic) bond motifs is 2. The molecule has 5 rings (SSSR count). The first-order valence-electron chi connectivity index (χ1n) is 10.7. The highest BCUT2D eigenvalue weighted by molar-refractivity contribution is 6.08. The van der Waals surface area contributed by atoms with Crippen LogP contribution in [-0.2, 0) is 5.41 Å². The maximum Gasteiger partial charge on any atom is 0.269 e. The number of ether oxygens (including phenoxy) is 1. The summed E-state index contributed by atoms with van der Waals surface area (Å²) >= 11 is 0. The molecule has 4 aromatic carbocycles. The lowest BCUT2D eigenvalue weighted by atomic mass is 9.85. The summed E-state index contributed by atoms with van der Waals surface area (Å²) < 4.78 is 6.50. The molecule has 1 aliphatic heterocycles. The predicted octanol–water partition coefficient (Wildman–Crippen LogP) is 6.09. The van der Waals surface area contributed by atoms with Gasteiger partial charge in [-0.15, -0.1) is 0 Å². The van der Waals surface area contributed by atoms with Crippen molar-refractivity contribution in [2.24, 2.45) is 0 Å². The van der Waals surface area contributed by atoms with Gasteiger partial charge in [0.25, 0.3) is 11.6 Å². The number of rotatable bonds is 4. The van der Waals surface area contributed by atoms with Crippen LogP contribution >= 0.6 is 0 Å². The second-order valence-corrected chi connectivity index (χ2v) is 8.70. The van der Waals surface area contributed by atoms with Crippen molar-refractivity contribution in [1.82, 2.24) is 0 Å². The number of non-ortho nitro benzene ring substituents is 1. The SMILES string of the molecule is CC1(C)c2ccccc2N(C(=O)c2ccc([N+](=O)[O-])cc2)[C@@H]1Oc1ccc2ccccc2c1. The fourth-order valence-corrected chi connectivity index (χ4v) is 4.46. The minimum atomic E-state index is -0.598. The fraction of sp³-hybridized carbons (Fsp3) is 0.148. The molecule has 164 valence electrons. The van der Waals surface area contributed by atoms with Gasteiger partial charge >= 0.3 is 0 Å². The number of nitro benzene ring substituents is 1. The lowest BCUT2D eigenvalue weighted by Crippen LogP contribution is -2.48. The van der Waals surface area contributed by atoms with Crippen LogP contribution in [0.2, 0.25) is 0 Å². The van der Waals surface area contributed by atoms with Crippen molar-refractivity contribution < 1.29 is 14.5 Å². The Morgan fingerprint density at radius 3 is 2.30 bits per heavy atom. The average molecular weight is 438 g/mol. The number of hydrogen-bond donors (Lipinski definition) is 0. The first-order valence-corrected chi connectivity index (χ1v) is 10.7. The van der Waals surface area contributed by atoms with Crippen LogP contribution in [-0.4, -0.2) is 17.1 Å². The maximum atomic E-state index is 13.7. The summed E-state index contributed by atoms with van der Waals surface area (Å²) in [5, 5.41) is 13.2. The lowest BCUT2D eigenvalue weighted by Gasteiger charge is -2.33. The number of nitrogens with zero attached hydrogens (tertiary/aromatic N) is 2. The molecule has 6 heteroatoms. The molecular weight excluding hydrogens is 416 g/mol. The molecule has 0 spiro atoms. The van der Waals surface area contributed by atoms with E-state index < -0.39 is 16.6 Å². The van der Waals surface area contributed by atoms with Gasteiger partial charge in [0, 0.05) is 23.1 Å². The molecule has 6 nitrogen and oxygen atoms in total. The summed E-state index contributed by atoms with van der Waals surface area (Å²) in [6.45, 7) is 4.11. The Balaban J connectivity index is 1.56. The molecular formula is C27H22N2O4. The molecule has 0 fully saturated rings. The summed E-state index contributed by atoms with van der Waals surface area (Å²) in [6.07, 6.45) is -0.598. The third-order valence-electron chi connectivity index (χ3n) is 6.22. The summed E-state index contributed by atoms with van der Waals surface area (Å²) in [7, 11) is 0. The highest BCUT2D eigenvalue weighted by Crippen LogP contribution is 2.46.